The van der Waals surface area contributed by atoms with Gasteiger partial charge in [0.2, 0.25) is 5.91 Å². The number of piperazine rings is 1. The van der Waals surface area contributed by atoms with E-state index in [1.807, 2.05) is 17.9 Å². The minimum Gasteiger partial charge on any atom is -0.396 e. The molecule has 5 heteroatoms. The van der Waals surface area contributed by atoms with E-state index in [0.717, 1.165) is 43.2 Å². The lowest BCUT2D eigenvalue weighted by atomic mass is 10.1. The second-order valence-corrected chi connectivity index (χ2v) is 5.83. The van der Waals surface area contributed by atoms with E-state index in [4.69, 9.17) is 5.73 Å². The highest BCUT2D eigenvalue weighted by Crippen LogP contribution is 2.24. The number of hydrogen-bond acceptors (Lipinski definition) is 4. The van der Waals surface area contributed by atoms with Crippen molar-refractivity contribution in [1.82, 2.24) is 9.88 Å². The molecule has 0 atom stereocenters. The van der Waals surface area contributed by atoms with Crippen LogP contribution < -0.4 is 10.6 Å². The maximum atomic E-state index is 12.0. The lowest BCUT2D eigenvalue weighted by Crippen LogP contribution is -2.49. The Morgan fingerprint density at radius 3 is 2.60 bits per heavy atom. The van der Waals surface area contributed by atoms with Gasteiger partial charge < -0.3 is 15.5 Å². The summed E-state index contributed by atoms with van der Waals surface area (Å²) in [6, 6.07) is 1.92. The van der Waals surface area contributed by atoms with E-state index in [0.29, 0.717) is 12.3 Å². The predicted molar refractivity (Wildman–Crippen MR) is 81.6 cm³/mol. The first-order valence-corrected chi connectivity index (χ1v) is 7.23. The standard InChI is InChI=1S/C15H24N4O/c1-11(2)10-13(20)18-6-8-19(9-7-18)15-14(16)12(3)4-5-17-15/h4-5,11H,6-10,16H2,1-3H3. The number of aromatic nitrogens is 1. The van der Waals surface area contributed by atoms with Crippen LogP contribution in [0, 0.1) is 12.8 Å². The van der Waals surface area contributed by atoms with E-state index in [1.165, 1.54) is 0 Å². The van der Waals surface area contributed by atoms with Crippen LogP contribution in [0.2, 0.25) is 0 Å². The predicted octanol–water partition coefficient (Wildman–Crippen LogP) is 1.67. The first kappa shape index (κ1) is 14.6. The molecule has 1 saturated heterocycles. The number of rotatable bonds is 3. The largest absolute Gasteiger partial charge is 0.396 e. The van der Waals surface area contributed by atoms with Crippen molar-refractivity contribution in [1.29, 1.82) is 0 Å². The molecule has 1 aliphatic heterocycles. The van der Waals surface area contributed by atoms with Gasteiger partial charge in [-0.3, -0.25) is 4.79 Å². The summed E-state index contributed by atoms with van der Waals surface area (Å²) in [4.78, 5) is 20.5. The summed E-state index contributed by atoms with van der Waals surface area (Å²) in [5, 5.41) is 0. The topological polar surface area (TPSA) is 62.5 Å². The van der Waals surface area contributed by atoms with Crippen LogP contribution in [0.5, 0.6) is 0 Å². The van der Waals surface area contributed by atoms with Crippen LogP contribution in [0.4, 0.5) is 11.5 Å². The van der Waals surface area contributed by atoms with Gasteiger partial charge in [-0.05, 0) is 24.5 Å². The van der Waals surface area contributed by atoms with Gasteiger partial charge >= 0.3 is 0 Å². The highest BCUT2D eigenvalue weighted by Gasteiger charge is 2.23. The molecule has 2 rings (SSSR count). The molecule has 0 aromatic carbocycles. The van der Waals surface area contributed by atoms with E-state index in [-0.39, 0.29) is 5.91 Å². The molecule has 0 spiro atoms. The van der Waals surface area contributed by atoms with Crippen LogP contribution in [0.15, 0.2) is 12.3 Å². The second kappa shape index (κ2) is 6.11. The van der Waals surface area contributed by atoms with Crippen LogP contribution in [-0.4, -0.2) is 42.0 Å². The number of nitrogens with zero attached hydrogens (tertiary/aromatic N) is 3. The number of pyridine rings is 1. The van der Waals surface area contributed by atoms with E-state index < -0.39 is 0 Å². The van der Waals surface area contributed by atoms with E-state index >= 15 is 0 Å². The Morgan fingerprint density at radius 2 is 2.00 bits per heavy atom. The van der Waals surface area contributed by atoms with Crippen molar-refractivity contribution in [3.63, 3.8) is 0 Å². The average Bonchev–Trinajstić information content (AvgIpc) is 2.41. The Labute approximate surface area is 120 Å². The maximum absolute atomic E-state index is 12.0. The molecule has 1 aromatic heterocycles. The molecule has 2 N–H and O–H groups in total. The number of amides is 1. The summed E-state index contributed by atoms with van der Waals surface area (Å²) in [5.74, 6) is 1.51. The Bertz CT molecular complexity index is 479. The Balaban J connectivity index is 1.97. The Hall–Kier alpha value is -1.78. The van der Waals surface area contributed by atoms with Gasteiger partial charge in [-0.25, -0.2) is 4.98 Å². The summed E-state index contributed by atoms with van der Waals surface area (Å²) >= 11 is 0. The van der Waals surface area contributed by atoms with E-state index in [1.54, 1.807) is 6.20 Å². The van der Waals surface area contributed by atoms with Gasteiger partial charge in [0.25, 0.3) is 0 Å². The van der Waals surface area contributed by atoms with Crippen LogP contribution in [0.3, 0.4) is 0 Å². The fraction of sp³-hybridized carbons (Fsp3) is 0.600. The van der Waals surface area contributed by atoms with Gasteiger partial charge in [-0.1, -0.05) is 13.8 Å². The molecule has 0 aliphatic carbocycles. The van der Waals surface area contributed by atoms with Gasteiger partial charge in [0.05, 0.1) is 5.69 Å². The van der Waals surface area contributed by atoms with Crippen LogP contribution in [0.1, 0.15) is 25.8 Å². The molecule has 110 valence electrons. The monoisotopic (exact) mass is 276 g/mol. The van der Waals surface area contributed by atoms with Crippen molar-refractivity contribution in [3.05, 3.63) is 17.8 Å². The third-order valence-electron chi connectivity index (χ3n) is 3.70. The van der Waals surface area contributed by atoms with Gasteiger partial charge in [0.1, 0.15) is 0 Å². The first-order valence-electron chi connectivity index (χ1n) is 7.23. The highest BCUT2D eigenvalue weighted by atomic mass is 16.2. The van der Waals surface area contributed by atoms with E-state index in [9.17, 15) is 4.79 Å². The molecule has 1 amide bonds. The molecule has 2 heterocycles. The number of anilines is 2. The van der Waals surface area contributed by atoms with Crippen LogP contribution >= 0.6 is 0 Å². The quantitative estimate of drug-likeness (QED) is 0.912. The number of nitrogen functional groups attached to an aromatic ring is 1. The average molecular weight is 276 g/mol. The molecule has 0 unspecified atom stereocenters. The lowest BCUT2D eigenvalue weighted by Gasteiger charge is -2.36. The SMILES string of the molecule is Cc1ccnc(N2CCN(C(=O)CC(C)C)CC2)c1N. The molecule has 0 bridgehead atoms. The third kappa shape index (κ3) is 3.21. The van der Waals surface area contributed by atoms with Crippen molar-refractivity contribution in [2.24, 2.45) is 5.92 Å². The van der Waals surface area contributed by atoms with Gasteiger partial charge in [-0.15, -0.1) is 0 Å². The molecule has 5 nitrogen and oxygen atoms in total. The lowest BCUT2D eigenvalue weighted by molar-refractivity contribution is -0.132. The zero-order chi connectivity index (χ0) is 14.7. The highest BCUT2D eigenvalue weighted by molar-refractivity contribution is 5.77. The minimum atomic E-state index is 0.254. The summed E-state index contributed by atoms with van der Waals surface area (Å²) in [5.41, 5.74) is 7.88. The second-order valence-electron chi connectivity index (χ2n) is 5.83. The third-order valence-corrected chi connectivity index (χ3v) is 3.70. The summed E-state index contributed by atoms with van der Waals surface area (Å²) in [6.07, 6.45) is 2.42. The first-order chi connectivity index (χ1) is 9.49. The van der Waals surface area contributed by atoms with Crippen molar-refractivity contribution in [3.8, 4) is 0 Å². The number of carbonyl (C=O) groups is 1. The molecule has 0 saturated carbocycles. The van der Waals surface area contributed by atoms with Crippen molar-refractivity contribution >= 4 is 17.4 Å². The number of aryl methyl sites for hydroxylation is 1. The molecule has 20 heavy (non-hydrogen) atoms. The molecule has 1 aromatic rings. The molecule has 1 aliphatic rings. The fourth-order valence-electron chi connectivity index (χ4n) is 2.45. The zero-order valence-corrected chi connectivity index (χ0v) is 12.6. The fourth-order valence-corrected chi connectivity index (χ4v) is 2.45. The smallest absolute Gasteiger partial charge is 0.222 e. The molecule has 1 fully saturated rings. The van der Waals surface area contributed by atoms with Crippen molar-refractivity contribution in [2.45, 2.75) is 27.2 Å². The van der Waals surface area contributed by atoms with Crippen molar-refractivity contribution < 1.29 is 4.79 Å². The molecule has 0 radical (unpaired) electrons. The number of hydrogen-bond donors (Lipinski definition) is 1. The summed E-state index contributed by atoms with van der Waals surface area (Å²) in [6.45, 7) is 9.23. The van der Waals surface area contributed by atoms with Gasteiger partial charge in [-0.2, -0.15) is 0 Å². The normalized spacial score (nSPS) is 15.8. The summed E-state index contributed by atoms with van der Waals surface area (Å²) < 4.78 is 0. The minimum absolute atomic E-state index is 0.254. The Morgan fingerprint density at radius 1 is 1.35 bits per heavy atom. The van der Waals surface area contributed by atoms with Gasteiger partial charge in [0.15, 0.2) is 5.82 Å². The van der Waals surface area contributed by atoms with Crippen LogP contribution in [-0.2, 0) is 4.79 Å². The summed E-state index contributed by atoms with van der Waals surface area (Å²) in [7, 11) is 0. The molecular weight excluding hydrogens is 252 g/mol. The maximum Gasteiger partial charge on any atom is 0.222 e. The van der Waals surface area contributed by atoms with E-state index in [2.05, 4.69) is 23.7 Å². The zero-order valence-electron chi connectivity index (χ0n) is 12.6. The van der Waals surface area contributed by atoms with Gasteiger partial charge in [0, 0.05) is 38.8 Å². The van der Waals surface area contributed by atoms with Crippen LogP contribution in [0.25, 0.3) is 0 Å². The van der Waals surface area contributed by atoms with Crippen molar-refractivity contribution in [2.75, 3.05) is 36.8 Å². The Kier molecular flexibility index (Phi) is 4.47. The molecular formula is C15H24N4O. The number of nitrogens with two attached hydrogens (primary N) is 1. The number of carbonyl (C=O) groups excluding carboxylic acids is 1.